The average Bonchev–Trinajstić information content (AvgIpc) is 3.17. The fourth-order valence-corrected chi connectivity index (χ4v) is 3.54. The predicted octanol–water partition coefficient (Wildman–Crippen LogP) is 2.93. The second-order valence-corrected chi connectivity index (χ2v) is 6.49. The molecule has 128 valence electrons. The highest BCUT2D eigenvalue weighted by Crippen LogP contribution is 2.28. The molecule has 24 heavy (non-hydrogen) atoms. The number of benzene rings is 1. The molecule has 0 radical (unpaired) electrons. The van der Waals surface area contributed by atoms with Crippen molar-refractivity contribution in [3.05, 3.63) is 48.3 Å². The van der Waals surface area contributed by atoms with Crippen molar-refractivity contribution in [3.8, 4) is 5.69 Å². The van der Waals surface area contributed by atoms with Crippen LogP contribution in [0.15, 0.2) is 42.7 Å². The molecule has 5 heteroatoms. The van der Waals surface area contributed by atoms with E-state index < -0.39 is 0 Å². The topological polar surface area (TPSA) is 67.2 Å². The molecular formula is C19H25N3O2. The van der Waals surface area contributed by atoms with Crippen molar-refractivity contribution in [2.45, 2.75) is 44.6 Å². The number of carbonyl (C=O) groups excluding carboxylic acids is 1. The molecule has 1 atom stereocenters. The summed E-state index contributed by atoms with van der Waals surface area (Å²) in [7, 11) is 0. The van der Waals surface area contributed by atoms with Gasteiger partial charge >= 0.3 is 0 Å². The normalized spacial score (nSPS) is 16.7. The van der Waals surface area contributed by atoms with Crippen LogP contribution in [0.2, 0.25) is 0 Å². The third-order valence-corrected chi connectivity index (χ3v) is 4.87. The molecular weight excluding hydrogens is 302 g/mol. The fourth-order valence-electron chi connectivity index (χ4n) is 3.54. The summed E-state index contributed by atoms with van der Waals surface area (Å²) in [6.45, 7) is 0.111. The van der Waals surface area contributed by atoms with Crippen LogP contribution < -0.4 is 5.32 Å². The lowest BCUT2D eigenvalue weighted by Gasteiger charge is -2.30. The van der Waals surface area contributed by atoms with Crippen molar-refractivity contribution < 1.29 is 9.90 Å². The molecule has 2 N–H and O–H groups in total. The lowest BCUT2D eigenvalue weighted by Crippen LogP contribution is -2.41. The van der Waals surface area contributed by atoms with Gasteiger partial charge in [0.1, 0.15) is 0 Å². The molecule has 1 aliphatic carbocycles. The van der Waals surface area contributed by atoms with Gasteiger partial charge in [0.15, 0.2) is 0 Å². The second kappa shape index (κ2) is 8.11. The first kappa shape index (κ1) is 16.7. The average molecular weight is 327 g/mol. The Kier molecular flexibility index (Phi) is 5.64. The largest absolute Gasteiger partial charge is 0.396 e. The van der Waals surface area contributed by atoms with Gasteiger partial charge in [0, 0.05) is 30.6 Å². The Morgan fingerprint density at radius 1 is 1.25 bits per heavy atom. The highest BCUT2D eigenvalue weighted by molar-refractivity contribution is 5.94. The third kappa shape index (κ3) is 4.03. The molecule has 3 rings (SSSR count). The Labute approximate surface area is 142 Å². The first-order valence-corrected chi connectivity index (χ1v) is 8.80. The van der Waals surface area contributed by atoms with Crippen LogP contribution in [0.25, 0.3) is 5.69 Å². The number of rotatable bonds is 6. The summed E-state index contributed by atoms with van der Waals surface area (Å²) in [5.41, 5.74) is 1.57. The molecule has 0 aliphatic heterocycles. The van der Waals surface area contributed by atoms with Gasteiger partial charge in [-0.05, 0) is 55.5 Å². The zero-order valence-corrected chi connectivity index (χ0v) is 13.9. The van der Waals surface area contributed by atoms with E-state index >= 15 is 0 Å². The lowest BCUT2D eigenvalue weighted by molar-refractivity contribution is 0.0899. The quantitative estimate of drug-likeness (QED) is 0.857. The molecule has 5 nitrogen and oxygen atoms in total. The Balaban J connectivity index is 1.65. The first-order chi connectivity index (χ1) is 11.8. The SMILES string of the molecule is O=C(NC(CCO)C1CCCCC1)c1ccc(-n2cccn2)cc1. The number of hydrogen-bond donors (Lipinski definition) is 2. The molecule has 1 unspecified atom stereocenters. The smallest absolute Gasteiger partial charge is 0.251 e. The summed E-state index contributed by atoms with van der Waals surface area (Å²) in [5.74, 6) is 0.421. The number of aliphatic hydroxyl groups excluding tert-OH is 1. The molecule has 1 saturated carbocycles. The van der Waals surface area contributed by atoms with Gasteiger partial charge in [-0.2, -0.15) is 5.10 Å². The van der Waals surface area contributed by atoms with E-state index in [9.17, 15) is 9.90 Å². The molecule has 1 aromatic carbocycles. The maximum absolute atomic E-state index is 12.6. The van der Waals surface area contributed by atoms with Crippen molar-refractivity contribution >= 4 is 5.91 Å². The lowest BCUT2D eigenvalue weighted by atomic mass is 9.82. The van der Waals surface area contributed by atoms with E-state index in [1.54, 1.807) is 10.9 Å². The van der Waals surface area contributed by atoms with Gasteiger partial charge in [0.2, 0.25) is 0 Å². The van der Waals surface area contributed by atoms with Crippen LogP contribution in [0.1, 0.15) is 48.9 Å². The van der Waals surface area contributed by atoms with Gasteiger partial charge in [0.25, 0.3) is 5.91 Å². The van der Waals surface area contributed by atoms with Crippen molar-refractivity contribution in [3.63, 3.8) is 0 Å². The van der Waals surface area contributed by atoms with Crippen LogP contribution in [0, 0.1) is 5.92 Å². The highest BCUT2D eigenvalue weighted by Gasteiger charge is 2.25. The van der Waals surface area contributed by atoms with Gasteiger partial charge in [0.05, 0.1) is 5.69 Å². The number of nitrogens with zero attached hydrogens (tertiary/aromatic N) is 2. The van der Waals surface area contributed by atoms with E-state index in [4.69, 9.17) is 0 Å². The van der Waals surface area contributed by atoms with Gasteiger partial charge in [-0.1, -0.05) is 19.3 Å². The van der Waals surface area contributed by atoms with Crippen molar-refractivity contribution in [1.82, 2.24) is 15.1 Å². The zero-order chi connectivity index (χ0) is 16.8. The Morgan fingerprint density at radius 2 is 2.00 bits per heavy atom. The van der Waals surface area contributed by atoms with Crippen LogP contribution in [0.4, 0.5) is 0 Å². The van der Waals surface area contributed by atoms with E-state index in [-0.39, 0.29) is 18.6 Å². The highest BCUT2D eigenvalue weighted by atomic mass is 16.3. The number of carbonyl (C=O) groups is 1. The number of hydrogen-bond acceptors (Lipinski definition) is 3. The maximum Gasteiger partial charge on any atom is 0.251 e. The molecule has 1 aliphatic rings. The fraction of sp³-hybridized carbons (Fsp3) is 0.474. The summed E-state index contributed by atoms with van der Waals surface area (Å²) in [4.78, 5) is 12.6. The summed E-state index contributed by atoms with van der Waals surface area (Å²) in [5, 5.41) is 16.7. The molecule has 1 aromatic heterocycles. The Morgan fingerprint density at radius 3 is 2.62 bits per heavy atom. The van der Waals surface area contributed by atoms with Gasteiger partial charge in [-0.3, -0.25) is 4.79 Å². The van der Waals surface area contributed by atoms with Crippen LogP contribution >= 0.6 is 0 Å². The van der Waals surface area contributed by atoms with Crippen molar-refractivity contribution in [1.29, 1.82) is 0 Å². The minimum atomic E-state index is -0.0639. The second-order valence-electron chi connectivity index (χ2n) is 6.49. The molecule has 1 amide bonds. The Hall–Kier alpha value is -2.14. The number of aliphatic hydroxyl groups is 1. The molecule has 1 fully saturated rings. The maximum atomic E-state index is 12.6. The van der Waals surface area contributed by atoms with Crippen LogP contribution in [-0.4, -0.2) is 33.4 Å². The molecule has 0 saturated heterocycles. The van der Waals surface area contributed by atoms with Gasteiger partial charge < -0.3 is 10.4 Å². The van der Waals surface area contributed by atoms with Crippen LogP contribution in [0.3, 0.4) is 0 Å². The standard InChI is InChI=1S/C19H25N3O2/c23-14-11-18(15-5-2-1-3-6-15)21-19(24)16-7-9-17(10-8-16)22-13-4-12-20-22/h4,7-10,12-13,15,18,23H,1-3,5-6,11,14H2,(H,21,24). The van der Waals surface area contributed by atoms with E-state index in [2.05, 4.69) is 10.4 Å². The number of aromatic nitrogens is 2. The van der Waals surface area contributed by atoms with Crippen LogP contribution in [-0.2, 0) is 0 Å². The third-order valence-electron chi connectivity index (χ3n) is 4.87. The van der Waals surface area contributed by atoms with Crippen molar-refractivity contribution in [2.24, 2.45) is 5.92 Å². The number of nitrogens with one attached hydrogen (secondary N) is 1. The Bertz CT molecular complexity index is 631. The van der Waals surface area contributed by atoms with E-state index in [1.165, 1.54) is 19.3 Å². The summed E-state index contributed by atoms with van der Waals surface area (Å²) in [6.07, 6.45) is 10.2. The van der Waals surface area contributed by atoms with Gasteiger partial charge in [-0.25, -0.2) is 4.68 Å². The van der Waals surface area contributed by atoms with E-state index in [0.717, 1.165) is 18.5 Å². The summed E-state index contributed by atoms with van der Waals surface area (Å²) >= 11 is 0. The first-order valence-electron chi connectivity index (χ1n) is 8.80. The molecule has 0 bridgehead atoms. The number of amides is 1. The summed E-state index contributed by atoms with van der Waals surface area (Å²) < 4.78 is 1.76. The zero-order valence-electron chi connectivity index (χ0n) is 13.9. The minimum absolute atomic E-state index is 0.0635. The van der Waals surface area contributed by atoms with E-state index in [0.29, 0.717) is 17.9 Å². The molecule has 1 heterocycles. The van der Waals surface area contributed by atoms with Crippen molar-refractivity contribution in [2.75, 3.05) is 6.61 Å². The minimum Gasteiger partial charge on any atom is -0.396 e. The molecule has 2 aromatic rings. The predicted molar refractivity (Wildman–Crippen MR) is 93.1 cm³/mol. The molecule has 0 spiro atoms. The van der Waals surface area contributed by atoms with E-state index in [1.807, 2.05) is 36.5 Å². The monoisotopic (exact) mass is 327 g/mol. The van der Waals surface area contributed by atoms with Crippen LogP contribution in [0.5, 0.6) is 0 Å². The summed E-state index contributed by atoms with van der Waals surface area (Å²) in [6, 6.07) is 9.36. The van der Waals surface area contributed by atoms with Gasteiger partial charge in [-0.15, -0.1) is 0 Å².